The Hall–Kier alpha value is -0.450. The highest BCUT2D eigenvalue weighted by Crippen LogP contribution is 2.28. The van der Waals surface area contributed by atoms with Crippen molar-refractivity contribution in [3.05, 3.63) is 16.1 Å². The zero-order chi connectivity index (χ0) is 13.7. The van der Waals surface area contributed by atoms with E-state index >= 15 is 0 Å². The van der Waals surface area contributed by atoms with Gasteiger partial charge in [-0.1, -0.05) is 19.8 Å². The zero-order valence-electron chi connectivity index (χ0n) is 12.3. The molecule has 108 valence electrons. The fourth-order valence-electron chi connectivity index (χ4n) is 3.31. The summed E-state index contributed by atoms with van der Waals surface area (Å²) >= 11 is 1.79. The van der Waals surface area contributed by atoms with Gasteiger partial charge in [0, 0.05) is 17.5 Å². The molecule has 1 heterocycles. The smallest absolute Gasteiger partial charge is 0.0797 e. The van der Waals surface area contributed by atoms with Crippen LogP contribution in [0.1, 0.15) is 43.2 Å². The van der Waals surface area contributed by atoms with Crippen LogP contribution in [0.5, 0.6) is 0 Å². The van der Waals surface area contributed by atoms with Gasteiger partial charge in [0.05, 0.1) is 11.2 Å². The Balaban J connectivity index is 1.93. The molecule has 0 aliphatic heterocycles. The van der Waals surface area contributed by atoms with Gasteiger partial charge in [-0.2, -0.15) is 0 Å². The van der Waals surface area contributed by atoms with Crippen molar-refractivity contribution < 1.29 is 0 Å². The Labute approximate surface area is 121 Å². The van der Waals surface area contributed by atoms with E-state index in [1.807, 2.05) is 5.51 Å². The molecule has 1 aromatic rings. The first-order valence-electron chi connectivity index (χ1n) is 7.59. The summed E-state index contributed by atoms with van der Waals surface area (Å²) in [7, 11) is 0. The van der Waals surface area contributed by atoms with Crippen molar-refractivity contribution in [2.45, 2.75) is 52.0 Å². The van der Waals surface area contributed by atoms with Crippen LogP contribution < -0.4 is 5.73 Å². The van der Waals surface area contributed by atoms with Gasteiger partial charge in [-0.05, 0) is 45.2 Å². The van der Waals surface area contributed by atoms with Crippen LogP contribution in [0.4, 0.5) is 0 Å². The van der Waals surface area contributed by atoms with Crippen LogP contribution >= 0.6 is 11.3 Å². The van der Waals surface area contributed by atoms with Gasteiger partial charge in [-0.25, -0.2) is 4.98 Å². The van der Waals surface area contributed by atoms with Gasteiger partial charge in [0.1, 0.15) is 0 Å². The van der Waals surface area contributed by atoms with E-state index < -0.39 is 0 Å². The van der Waals surface area contributed by atoms with Crippen molar-refractivity contribution in [3.8, 4) is 0 Å². The van der Waals surface area contributed by atoms with Crippen LogP contribution in [-0.4, -0.2) is 35.6 Å². The molecular weight excluding hydrogens is 254 g/mol. The number of likely N-dealkylation sites (N-methyl/N-ethyl adjacent to an activating group) is 1. The van der Waals surface area contributed by atoms with E-state index in [9.17, 15) is 0 Å². The lowest BCUT2D eigenvalue weighted by molar-refractivity contribution is 0.114. The standard InChI is InChI=1S/C15H27N3S/c1-3-18(9-8-15-12(2)17-11-19-15)14-7-5-4-6-13(14)10-16/h11,13-14H,3-10,16H2,1-2H3. The molecule has 2 unspecified atom stereocenters. The average molecular weight is 281 g/mol. The van der Waals surface area contributed by atoms with Crippen LogP contribution in [0, 0.1) is 12.8 Å². The van der Waals surface area contributed by atoms with Crippen LogP contribution in [-0.2, 0) is 6.42 Å². The lowest BCUT2D eigenvalue weighted by Gasteiger charge is -2.39. The van der Waals surface area contributed by atoms with E-state index in [1.165, 1.54) is 36.3 Å². The Kier molecular flexibility index (Phi) is 5.79. The number of rotatable bonds is 6. The molecule has 0 spiro atoms. The summed E-state index contributed by atoms with van der Waals surface area (Å²) in [5, 5.41) is 0. The molecule has 0 aromatic carbocycles. The minimum absolute atomic E-state index is 0.705. The normalized spacial score (nSPS) is 24.0. The number of hydrogen-bond acceptors (Lipinski definition) is 4. The van der Waals surface area contributed by atoms with E-state index in [4.69, 9.17) is 5.73 Å². The van der Waals surface area contributed by atoms with Gasteiger partial charge >= 0.3 is 0 Å². The number of hydrogen-bond donors (Lipinski definition) is 1. The molecule has 2 rings (SSSR count). The van der Waals surface area contributed by atoms with Crippen molar-refractivity contribution in [2.24, 2.45) is 11.7 Å². The summed E-state index contributed by atoms with van der Waals surface area (Å²) in [6, 6.07) is 0.706. The quantitative estimate of drug-likeness (QED) is 0.872. The van der Waals surface area contributed by atoms with Gasteiger partial charge in [0.15, 0.2) is 0 Å². The molecule has 0 saturated heterocycles. The van der Waals surface area contributed by atoms with Crippen molar-refractivity contribution in [3.63, 3.8) is 0 Å². The third kappa shape index (κ3) is 3.77. The number of nitrogens with two attached hydrogens (primary N) is 1. The second-order valence-corrected chi connectivity index (χ2v) is 6.53. The second kappa shape index (κ2) is 7.36. The number of nitrogens with zero attached hydrogens (tertiary/aromatic N) is 2. The van der Waals surface area contributed by atoms with Crippen LogP contribution in [0.15, 0.2) is 5.51 Å². The second-order valence-electron chi connectivity index (χ2n) is 5.59. The van der Waals surface area contributed by atoms with E-state index in [0.29, 0.717) is 12.0 Å². The Morgan fingerprint density at radius 3 is 2.84 bits per heavy atom. The maximum Gasteiger partial charge on any atom is 0.0797 e. The summed E-state index contributed by atoms with van der Waals surface area (Å²) < 4.78 is 0. The lowest BCUT2D eigenvalue weighted by atomic mass is 9.83. The molecule has 1 saturated carbocycles. The van der Waals surface area contributed by atoms with Gasteiger partial charge in [-0.15, -0.1) is 11.3 Å². The summed E-state index contributed by atoms with van der Waals surface area (Å²) in [6.45, 7) is 7.54. The molecule has 0 bridgehead atoms. The van der Waals surface area contributed by atoms with Gasteiger partial charge in [0.2, 0.25) is 0 Å². The third-order valence-corrected chi connectivity index (χ3v) is 5.51. The molecule has 19 heavy (non-hydrogen) atoms. The summed E-state index contributed by atoms with van der Waals surface area (Å²) in [6.07, 6.45) is 6.52. The SMILES string of the molecule is CCN(CCc1scnc1C)C1CCCCC1CN. The molecule has 1 fully saturated rings. The largest absolute Gasteiger partial charge is 0.330 e. The molecule has 3 nitrogen and oxygen atoms in total. The van der Waals surface area contributed by atoms with Gasteiger partial charge in [0.25, 0.3) is 0 Å². The molecule has 1 aliphatic rings. The Morgan fingerprint density at radius 1 is 1.42 bits per heavy atom. The van der Waals surface area contributed by atoms with E-state index in [-0.39, 0.29) is 0 Å². The van der Waals surface area contributed by atoms with Crippen LogP contribution in [0.25, 0.3) is 0 Å². The highest BCUT2D eigenvalue weighted by atomic mass is 32.1. The predicted octanol–water partition coefficient (Wildman–Crippen LogP) is 2.83. The first kappa shape index (κ1) is 14.9. The van der Waals surface area contributed by atoms with Crippen molar-refractivity contribution in [2.75, 3.05) is 19.6 Å². The topological polar surface area (TPSA) is 42.2 Å². The van der Waals surface area contributed by atoms with E-state index in [0.717, 1.165) is 26.1 Å². The van der Waals surface area contributed by atoms with E-state index in [2.05, 4.69) is 23.7 Å². The monoisotopic (exact) mass is 281 g/mol. The van der Waals surface area contributed by atoms with Crippen molar-refractivity contribution in [1.82, 2.24) is 9.88 Å². The van der Waals surface area contributed by atoms with Crippen LogP contribution in [0.3, 0.4) is 0 Å². The van der Waals surface area contributed by atoms with Gasteiger partial charge < -0.3 is 5.73 Å². The lowest BCUT2D eigenvalue weighted by Crippen LogP contribution is -2.45. The highest BCUT2D eigenvalue weighted by Gasteiger charge is 2.28. The fourth-order valence-corrected chi connectivity index (χ4v) is 4.08. The Bertz CT molecular complexity index is 377. The number of thiazole rings is 1. The fraction of sp³-hybridized carbons (Fsp3) is 0.800. The maximum atomic E-state index is 5.97. The molecule has 0 radical (unpaired) electrons. The molecule has 2 N–H and O–H groups in total. The number of aryl methyl sites for hydroxylation is 1. The average Bonchev–Trinajstić information content (AvgIpc) is 2.85. The molecule has 4 heteroatoms. The Morgan fingerprint density at radius 2 is 2.21 bits per heavy atom. The molecular formula is C15H27N3S. The third-order valence-electron chi connectivity index (χ3n) is 4.52. The maximum absolute atomic E-state index is 5.97. The molecule has 1 aromatic heterocycles. The first-order chi connectivity index (χ1) is 9.26. The highest BCUT2D eigenvalue weighted by molar-refractivity contribution is 7.09. The van der Waals surface area contributed by atoms with Gasteiger partial charge in [-0.3, -0.25) is 4.90 Å². The molecule has 1 aliphatic carbocycles. The minimum Gasteiger partial charge on any atom is -0.330 e. The van der Waals surface area contributed by atoms with E-state index in [1.54, 1.807) is 11.3 Å². The minimum atomic E-state index is 0.705. The van der Waals surface area contributed by atoms with Crippen molar-refractivity contribution >= 4 is 11.3 Å². The summed E-state index contributed by atoms with van der Waals surface area (Å²) in [5.74, 6) is 0.705. The van der Waals surface area contributed by atoms with Crippen LogP contribution in [0.2, 0.25) is 0 Å². The van der Waals surface area contributed by atoms with Crippen molar-refractivity contribution in [1.29, 1.82) is 0 Å². The number of aromatic nitrogens is 1. The summed E-state index contributed by atoms with van der Waals surface area (Å²) in [5.41, 5.74) is 9.14. The molecule has 0 amide bonds. The summed E-state index contributed by atoms with van der Waals surface area (Å²) in [4.78, 5) is 8.44. The zero-order valence-corrected chi connectivity index (χ0v) is 13.1. The predicted molar refractivity (Wildman–Crippen MR) is 82.6 cm³/mol. The first-order valence-corrected chi connectivity index (χ1v) is 8.47. The molecule has 2 atom stereocenters.